The van der Waals surface area contributed by atoms with Crippen LogP contribution in [0.15, 0.2) is 36.4 Å². The topological polar surface area (TPSA) is 97.3 Å². The highest BCUT2D eigenvalue weighted by Crippen LogP contribution is 2.28. The molecule has 2 aromatic carbocycles. The summed E-state index contributed by atoms with van der Waals surface area (Å²) in [6.45, 7) is 1.09. The molecule has 0 spiro atoms. The van der Waals surface area contributed by atoms with Gasteiger partial charge in [-0.05, 0) is 48.6 Å². The van der Waals surface area contributed by atoms with Gasteiger partial charge in [0.25, 0.3) is 0 Å². The number of fused-ring (bicyclic) bond motifs is 1. The van der Waals surface area contributed by atoms with Gasteiger partial charge in [-0.15, -0.1) is 0 Å². The van der Waals surface area contributed by atoms with E-state index in [1.807, 2.05) is 36.4 Å². The molecule has 0 fully saturated rings. The van der Waals surface area contributed by atoms with E-state index in [-0.39, 0.29) is 25.0 Å². The first-order valence-electron chi connectivity index (χ1n) is 11.2. The number of anilines is 1. The third-order valence-corrected chi connectivity index (χ3v) is 5.62. The van der Waals surface area contributed by atoms with E-state index in [1.54, 1.807) is 19.1 Å². The number of nitrogens with zero attached hydrogens (tertiary/aromatic N) is 1. The summed E-state index contributed by atoms with van der Waals surface area (Å²) in [6, 6.07) is 11.4. The number of nitrogens with one attached hydrogen (secondary N) is 1. The van der Waals surface area contributed by atoms with E-state index in [4.69, 9.17) is 14.2 Å². The number of carbonyl (C=O) groups is 2. The highest BCUT2D eigenvalue weighted by atomic mass is 16.5. The Morgan fingerprint density at radius 1 is 1.06 bits per heavy atom. The van der Waals surface area contributed by atoms with Crippen LogP contribution in [0.1, 0.15) is 30.4 Å². The summed E-state index contributed by atoms with van der Waals surface area (Å²) in [5, 5.41) is 12.2. The van der Waals surface area contributed by atoms with Crippen molar-refractivity contribution in [1.29, 1.82) is 0 Å². The van der Waals surface area contributed by atoms with Crippen LogP contribution >= 0.6 is 0 Å². The lowest BCUT2D eigenvalue weighted by molar-refractivity contribution is -0.132. The molecule has 178 valence electrons. The molecular formula is C25H32N2O6. The van der Waals surface area contributed by atoms with Crippen molar-refractivity contribution in [3.8, 4) is 17.2 Å². The number of aliphatic hydroxyl groups is 1. The van der Waals surface area contributed by atoms with Gasteiger partial charge in [-0.2, -0.15) is 0 Å². The number of amides is 2. The predicted octanol–water partition coefficient (Wildman–Crippen LogP) is 2.81. The zero-order chi connectivity index (χ0) is 23.6. The van der Waals surface area contributed by atoms with Gasteiger partial charge in [0.05, 0.1) is 27.4 Å². The normalized spacial score (nSPS) is 12.5. The number of methoxy groups -OCH3 is 2. The minimum absolute atomic E-state index is 0.0160. The van der Waals surface area contributed by atoms with Gasteiger partial charge >= 0.3 is 0 Å². The Hall–Kier alpha value is -3.26. The van der Waals surface area contributed by atoms with Crippen LogP contribution < -0.4 is 19.5 Å². The molecule has 2 aromatic rings. The molecule has 0 atom stereocenters. The average molecular weight is 457 g/mol. The molecule has 0 saturated carbocycles. The van der Waals surface area contributed by atoms with E-state index in [9.17, 15) is 14.7 Å². The number of ether oxygens (including phenoxy) is 3. The second-order valence-corrected chi connectivity index (χ2v) is 7.86. The maximum absolute atomic E-state index is 12.7. The molecule has 0 aliphatic carbocycles. The van der Waals surface area contributed by atoms with E-state index in [0.29, 0.717) is 56.1 Å². The second kappa shape index (κ2) is 12.1. The van der Waals surface area contributed by atoms with E-state index < -0.39 is 0 Å². The average Bonchev–Trinajstić information content (AvgIpc) is 2.83. The molecule has 2 N–H and O–H groups in total. The zero-order valence-corrected chi connectivity index (χ0v) is 19.3. The third-order valence-electron chi connectivity index (χ3n) is 5.62. The summed E-state index contributed by atoms with van der Waals surface area (Å²) >= 11 is 0. The molecule has 3 rings (SSSR count). The molecule has 33 heavy (non-hydrogen) atoms. The standard InChI is InChI=1S/C25H32N2O6/c1-31-22-9-5-18(16-23(22)32-2)11-12-27(13-14-28)25(30)4-3-15-33-20-8-6-19-7-10-24(29)26-21(19)17-20/h5-6,8-9,16-17,28H,3-4,7,10-15H2,1-2H3,(H,26,29). The van der Waals surface area contributed by atoms with Gasteiger partial charge in [-0.25, -0.2) is 0 Å². The summed E-state index contributed by atoms with van der Waals surface area (Å²) in [5.41, 5.74) is 2.92. The maximum atomic E-state index is 12.7. The largest absolute Gasteiger partial charge is 0.494 e. The molecule has 0 bridgehead atoms. The van der Waals surface area contributed by atoms with Crippen molar-refractivity contribution < 1.29 is 28.9 Å². The highest BCUT2D eigenvalue weighted by molar-refractivity contribution is 5.94. The number of rotatable bonds is 12. The lowest BCUT2D eigenvalue weighted by Gasteiger charge is -2.22. The maximum Gasteiger partial charge on any atom is 0.224 e. The fraction of sp³-hybridized carbons (Fsp3) is 0.440. The van der Waals surface area contributed by atoms with Crippen LogP contribution in [0.5, 0.6) is 17.2 Å². The summed E-state index contributed by atoms with van der Waals surface area (Å²) in [7, 11) is 3.18. The summed E-state index contributed by atoms with van der Waals surface area (Å²) < 4.78 is 16.4. The predicted molar refractivity (Wildman–Crippen MR) is 125 cm³/mol. The van der Waals surface area contributed by atoms with Gasteiger partial charge in [0.2, 0.25) is 11.8 Å². The van der Waals surface area contributed by atoms with Crippen molar-refractivity contribution in [2.75, 3.05) is 45.8 Å². The molecule has 0 unspecified atom stereocenters. The molecule has 1 heterocycles. The van der Waals surface area contributed by atoms with Crippen molar-refractivity contribution in [2.24, 2.45) is 0 Å². The fourth-order valence-corrected chi connectivity index (χ4v) is 3.79. The number of carbonyl (C=O) groups excluding carboxylic acids is 2. The minimum atomic E-state index is -0.0883. The van der Waals surface area contributed by atoms with Gasteiger partial charge in [0.1, 0.15) is 5.75 Å². The van der Waals surface area contributed by atoms with Crippen LogP contribution in [-0.2, 0) is 22.4 Å². The van der Waals surface area contributed by atoms with Crippen molar-refractivity contribution in [3.05, 3.63) is 47.5 Å². The van der Waals surface area contributed by atoms with Crippen molar-refractivity contribution >= 4 is 17.5 Å². The van der Waals surface area contributed by atoms with E-state index >= 15 is 0 Å². The Bertz CT molecular complexity index is 962. The van der Waals surface area contributed by atoms with Crippen LogP contribution in [0.25, 0.3) is 0 Å². The quantitative estimate of drug-likeness (QED) is 0.477. The first-order valence-corrected chi connectivity index (χ1v) is 11.2. The number of aliphatic hydroxyl groups excluding tert-OH is 1. The molecule has 8 heteroatoms. The summed E-state index contributed by atoms with van der Waals surface area (Å²) in [6.07, 6.45) is 2.77. The Balaban J connectivity index is 1.46. The Morgan fingerprint density at radius 3 is 2.64 bits per heavy atom. The molecule has 1 aliphatic rings. The molecular weight excluding hydrogens is 424 g/mol. The number of aryl methyl sites for hydroxylation is 1. The third kappa shape index (κ3) is 6.86. The lowest BCUT2D eigenvalue weighted by atomic mass is 10.0. The second-order valence-electron chi connectivity index (χ2n) is 7.86. The Kier molecular flexibility index (Phi) is 8.95. The molecule has 0 saturated heterocycles. The molecule has 0 aromatic heterocycles. The summed E-state index contributed by atoms with van der Waals surface area (Å²) in [4.78, 5) is 25.9. The monoisotopic (exact) mass is 456 g/mol. The van der Waals surface area contributed by atoms with Gasteiger partial charge in [0.15, 0.2) is 11.5 Å². The first kappa shape index (κ1) is 24.4. The van der Waals surface area contributed by atoms with Crippen LogP contribution in [0, 0.1) is 0 Å². The fourth-order valence-electron chi connectivity index (χ4n) is 3.79. The number of benzene rings is 2. The summed E-state index contributed by atoms with van der Waals surface area (Å²) in [5.74, 6) is 1.97. The van der Waals surface area contributed by atoms with Crippen molar-refractivity contribution in [3.63, 3.8) is 0 Å². The van der Waals surface area contributed by atoms with Gasteiger partial charge < -0.3 is 29.5 Å². The van der Waals surface area contributed by atoms with E-state index in [2.05, 4.69) is 5.32 Å². The van der Waals surface area contributed by atoms with Gasteiger partial charge in [0, 0.05) is 37.7 Å². The van der Waals surface area contributed by atoms with Crippen LogP contribution in [0.2, 0.25) is 0 Å². The van der Waals surface area contributed by atoms with Crippen molar-refractivity contribution in [1.82, 2.24) is 4.90 Å². The van der Waals surface area contributed by atoms with Crippen LogP contribution in [0.3, 0.4) is 0 Å². The van der Waals surface area contributed by atoms with Gasteiger partial charge in [-0.1, -0.05) is 12.1 Å². The highest BCUT2D eigenvalue weighted by Gasteiger charge is 2.16. The lowest BCUT2D eigenvalue weighted by Crippen LogP contribution is -2.35. The van der Waals surface area contributed by atoms with E-state index in [1.165, 1.54) is 0 Å². The molecule has 1 aliphatic heterocycles. The SMILES string of the molecule is COc1ccc(CCN(CCO)C(=O)CCCOc2ccc3c(c2)NC(=O)CC3)cc1OC. The van der Waals surface area contributed by atoms with E-state index in [0.717, 1.165) is 23.2 Å². The number of hydrogen-bond donors (Lipinski definition) is 2. The van der Waals surface area contributed by atoms with Crippen LogP contribution in [-0.4, -0.2) is 62.3 Å². The molecule has 0 radical (unpaired) electrons. The number of hydrogen-bond acceptors (Lipinski definition) is 6. The zero-order valence-electron chi connectivity index (χ0n) is 19.3. The minimum Gasteiger partial charge on any atom is -0.494 e. The van der Waals surface area contributed by atoms with Crippen molar-refractivity contribution in [2.45, 2.75) is 32.1 Å². The molecule has 8 nitrogen and oxygen atoms in total. The smallest absolute Gasteiger partial charge is 0.224 e. The van der Waals surface area contributed by atoms with Crippen LogP contribution in [0.4, 0.5) is 5.69 Å². The Morgan fingerprint density at radius 2 is 1.88 bits per heavy atom. The first-order chi connectivity index (χ1) is 16.0. The molecule has 2 amide bonds. The Labute approximate surface area is 194 Å². The van der Waals surface area contributed by atoms with Gasteiger partial charge in [-0.3, -0.25) is 9.59 Å².